The van der Waals surface area contributed by atoms with Gasteiger partial charge in [0.2, 0.25) is 18.2 Å². The highest BCUT2D eigenvalue weighted by Gasteiger charge is 2.79. The molecule has 0 aliphatic heterocycles. The molecule has 1 aromatic rings. The van der Waals surface area contributed by atoms with Crippen molar-refractivity contribution in [2.24, 2.45) is 28.6 Å². The molecule has 10 heteroatoms. The topological polar surface area (TPSA) is 103 Å². The number of fused-ring (bicyclic) bond motifs is 5. The minimum Gasteiger partial charge on any atom is -0.457 e. The highest BCUT2D eigenvalue weighted by atomic mass is 19.1. The maximum atomic E-state index is 17.4. The van der Waals surface area contributed by atoms with Gasteiger partial charge in [-0.05, 0) is 62.8 Å². The van der Waals surface area contributed by atoms with Crippen molar-refractivity contribution in [2.75, 3.05) is 6.86 Å². The van der Waals surface area contributed by atoms with E-state index in [1.165, 1.54) is 31.4 Å². The van der Waals surface area contributed by atoms with Crippen molar-refractivity contribution >= 4 is 17.7 Å². The largest absolute Gasteiger partial charge is 0.457 e. The molecule has 7 nitrogen and oxygen atoms in total. The van der Waals surface area contributed by atoms with Crippen molar-refractivity contribution in [2.45, 2.75) is 70.5 Å². The first-order valence-electron chi connectivity index (χ1n) is 12.7. The van der Waals surface area contributed by atoms with E-state index in [4.69, 9.17) is 13.9 Å². The van der Waals surface area contributed by atoms with E-state index in [0.717, 1.165) is 6.08 Å². The molecule has 1 aromatic heterocycles. The lowest BCUT2D eigenvalue weighted by atomic mass is 9.44. The number of hydrogen-bond acceptors (Lipinski definition) is 7. The lowest BCUT2D eigenvalue weighted by Gasteiger charge is -2.63. The SMILES string of the molecule is Cc1ccoc1C(=O)O[C@]1(C(=O)OCF)[C@H](C)C[C@H]2[C@@H]3C[C@H](F)C4=CC(=O)C=C[C@]4(C)[C@@]3(F)[C@@H](O)C[C@@]21C. The van der Waals surface area contributed by atoms with Crippen LogP contribution in [0.25, 0.3) is 0 Å². The Morgan fingerprint density at radius 3 is 2.58 bits per heavy atom. The Bertz CT molecular complexity index is 1250. The van der Waals surface area contributed by atoms with Crippen LogP contribution in [-0.4, -0.2) is 53.2 Å². The van der Waals surface area contributed by atoms with Gasteiger partial charge >= 0.3 is 11.9 Å². The van der Waals surface area contributed by atoms with E-state index in [1.54, 1.807) is 20.8 Å². The molecule has 1 heterocycles. The van der Waals surface area contributed by atoms with Gasteiger partial charge in [-0.2, -0.15) is 0 Å². The van der Waals surface area contributed by atoms with E-state index in [1.807, 2.05) is 0 Å². The number of halogens is 3. The number of hydrogen-bond donors (Lipinski definition) is 1. The van der Waals surface area contributed by atoms with Crippen LogP contribution in [0.4, 0.5) is 13.2 Å². The van der Waals surface area contributed by atoms with Gasteiger partial charge in [0.1, 0.15) is 6.17 Å². The van der Waals surface area contributed by atoms with Crippen LogP contribution in [0.1, 0.15) is 56.2 Å². The van der Waals surface area contributed by atoms with Crippen LogP contribution in [0.2, 0.25) is 0 Å². The molecule has 0 radical (unpaired) electrons. The second-order valence-electron chi connectivity index (χ2n) is 11.6. The van der Waals surface area contributed by atoms with Crippen molar-refractivity contribution in [3.05, 3.63) is 47.5 Å². The van der Waals surface area contributed by atoms with Gasteiger partial charge in [0.05, 0.1) is 12.4 Å². The van der Waals surface area contributed by atoms with Crippen LogP contribution in [0.5, 0.6) is 0 Å². The zero-order valence-corrected chi connectivity index (χ0v) is 21.6. The van der Waals surface area contributed by atoms with Gasteiger partial charge in [0, 0.05) is 28.2 Å². The molecule has 1 N–H and O–H groups in total. The van der Waals surface area contributed by atoms with Crippen molar-refractivity contribution in [1.29, 1.82) is 0 Å². The van der Waals surface area contributed by atoms with Crippen LogP contribution in [-0.2, 0) is 19.1 Å². The third-order valence-electron chi connectivity index (χ3n) is 9.96. The number of aliphatic hydroxyl groups excluding tert-OH is 1. The lowest BCUT2D eigenvalue weighted by Crippen LogP contribution is -2.71. The summed E-state index contributed by atoms with van der Waals surface area (Å²) in [6.07, 6.45) is 0.872. The molecule has 0 saturated heterocycles. The summed E-state index contributed by atoms with van der Waals surface area (Å²) in [5, 5.41) is 11.5. The number of allylic oxidation sites excluding steroid dienone is 4. The van der Waals surface area contributed by atoms with Gasteiger partial charge < -0.3 is 19.0 Å². The second-order valence-corrected chi connectivity index (χ2v) is 11.6. The third-order valence-corrected chi connectivity index (χ3v) is 9.96. The number of aryl methyl sites for hydroxylation is 1. The number of carbonyl (C=O) groups excluding carboxylic acids is 3. The van der Waals surface area contributed by atoms with Gasteiger partial charge in [-0.1, -0.05) is 19.9 Å². The van der Waals surface area contributed by atoms with Crippen LogP contribution >= 0.6 is 0 Å². The molecule has 4 aliphatic carbocycles. The monoisotopic (exact) mass is 536 g/mol. The van der Waals surface area contributed by atoms with E-state index < -0.39 is 76.7 Å². The Balaban J connectivity index is 1.64. The molecule has 3 saturated carbocycles. The summed E-state index contributed by atoms with van der Waals surface area (Å²) in [7, 11) is 0. The minimum absolute atomic E-state index is 0.0275. The first kappa shape index (κ1) is 26.7. The summed E-state index contributed by atoms with van der Waals surface area (Å²) in [5.74, 6) is -5.42. The van der Waals surface area contributed by atoms with E-state index >= 15 is 8.78 Å². The van der Waals surface area contributed by atoms with Crippen LogP contribution in [0, 0.1) is 35.5 Å². The molecular weight excluding hydrogens is 505 g/mol. The van der Waals surface area contributed by atoms with E-state index in [0.29, 0.717) is 5.56 Å². The summed E-state index contributed by atoms with van der Waals surface area (Å²) in [6, 6.07) is 1.53. The number of alkyl halides is 3. The van der Waals surface area contributed by atoms with Gasteiger partial charge in [0.25, 0.3) is 0 Å². The van der Waals surface area contributed by atoms with Gasteiger partial charge in [-0.15, -0.1) is 0 Å². The number of aliphatic hydroxyl groups is 1. The maximum Gasteiger partial charge on any atom is 0.375 e. The minimum atomic E-state index is -2.38. The summed E-state index contributed by atoms with van der Waals surface area (Å²) in [5.41, 5.74) is -7.13. The predicted octanol–water partition coefficient (Wildman–Crippen LogP) is 4.52. The first-order chi connectivity index (χ1) is 17.8. The van der Waals surface area contributed by atoms with Crippen LogP contribution in [0.3, 0.4) is 0 Å². The molecule has 38 heavy (non-hydrogen) atoms. The molecule has 3 fully saturated rings. The number of rotatable bonds is 4. The molecule has 206 valence electrons. The van der Waals surface area contributed by atoms with Crippen molar-refractivity contribution in [1.82, 2.24) is 0 Å². The zero-order chi connectivity index (χ0) is 27.8. The fourth-order valence-corrected chi connectivity index (χ4v) is 8.15. The summed E-state index contributed by atoms with van der Waals surface area (Å²) >= 11 is 0. The zero-order valence-electron chi connectivity index (χ0n) is 21.6. The molecular formula is C28H31F3O7. The molecule has 0 unspecified atom stereocenters. The Hall–Kier alpha value is -2.88. The number of ketones is 1. The highest BCUT2D eigenvalue weighted by molar-refractivity contribution is 6.01. The quantitative estimate of drug-likeness (QED) is 0.565. The predicted molar refractivity (Wildman–Crippen MR) is 127 cm³/mol. The van der Waals surface area contributed by atoms with Crippen LogP contribution in [0.15, 0.2) is 40.5 Å². The van der Waals surface area contributed by atoms with Crippen molar-refractivity contribution in [3.8, 4) is 0 Å². The maximum absolute atomic E-state index is 17.4. The average molecular weight is 537 g/mol. The average Bonchev–Trinajstić information content (AvgIpc) is 3.37. The second kappa shape index (κ2) is 8.56. The number of ether oxygens (including phenoxy) is 2. The highest BCUT2D eigenvalue weighted by Crippen LogP contribution is 2.71. The molecule has 0 bridgehead atoms. The Kier molecular flexibility index (Phi) is 6.02. The van der Waals surface area contributed by atoms with Crippen molar-refractivity contribution in [3.63, 3.8) is 0 Å². The molecule has 9 atom stereocenters. The molecule has 0 spiro atoms. The Morgan fingerprint density at radius 2 is 1.95 bits per heavy atom. The Morgan fingerprint density at radius 1 is 1.24 bits per heavy atom. The normalized spacial score (nSPS) is 43.5. The van der Waals surface area contributed by atoms with Gasteiger partial charge in [-0.3, -0.25) is 4.79 Å². The van der Waals surface area contributed by atoms with E-state index in [9.17, 15) is 23.9 Å². The molecule has 5 rings (SSSR count). The third kappa shape index (κ3) is 3.15. The molecule has 0 amide bonds. The number of esters is 2. The molecule has 4 aliphatic rings. The van der Waals surface area contributed by atoms with Gasteiger partial charge in [-0.25, -0.2) is 22.8 Å². The van der Waals surface area contributed by atoms with E-state index in [2.05, 4.69) is 0 Å². The number of carbonyl (C=O) groups is 3. The summed E-state index contributed by atoms with van der Waals surface area (Å²) in [6.45, 7) is 4.78. The lowest BCUT2D eigenvalue weighted by molar-refractivity contribution is -0.232. The number of furan rings is 1. The smallest absolute Gasteiger partial charge is 0.375 e. The van der Waals surface area contributed by atoms with Gasteiger partial charge in [0.15, 0.2) is 11.5 Å². The first-order valence-corrected chi connectivity index (χ1v) is 12.7. The standard InChI is InChI=1S/C28H31F3O7/c1-14-6-8-36-22(14)23(34)38-28(24(35)37-13-29)15(2)9-17-18-11-20(30)19-10-16(32)5-7-25(19,3)27(18,31)21(33)12-26(17,28)4/h5-8,10,15,17-18,20-21,33H,9,11-13H2,1-4H3/t15-,17+,18+,20+,21+,25+,26+,27+,28+/m1/s1. The molecule has 0 aromatic carbocycles. The van der Waals surface area contributed by atoms with Crippen LogP contribution < -0.4 is 0 Å². The summed E-state index contributed by atoms with van der Waals surface area (Å²) < 4.78 is 62.3. The summed E-state index contributed by atoms with van der Waals surface area (Å²) in [4.78, 5) is 38.8. The van der Waals surface area contributed by atoms with E-state index in [-0.39, 0.29) is 30.6 Å². The fourth-order valence-electron chi connectivity index (χ4n) is 8.15. The van der Waals surface area contributed by atoms with Crippen molar-refractivity contribution < 1.29 is 46.6 Å². The Labute approximate surface area is 218 Å². The fraction of sp³-hybridized carbons (Fsp3) is 0.607.